The summed E-state index contributed by atoms with van der Waals surface area (Å²) in [4.78, 5) is 14.3. The van der Waals surface area contributed by atoms with Gasteiger partial charge in [0, 0.05) is 25.2 Å². The number of aryl methyl sites for hydroxylation is 1. The first-order valence-electron chi connectivity index (χ1n) is 6.79. The van der Waals surface area contributed by atoms with Crippen LogP contribution in [-0.4, -0.2) is 47.3 Å². The number of morpholine rings is 1. The van der Waals surface area contributed by atoms with Gasteiger partial charge in [-0.2, -0.15) is 0 Å². The molecule has 20 heavy (non-hydrogen) atoms. The lowest BCUT2D eigenvalue weighted by Gasteiger charge is -2.42. The second-order valence-electron chi connectivity index (χ2n) is 5.92. The number of nitrogens with zero attached hydrogens (tertiary/aromatic N) is 1. The van der Waals surface area contributed by atoms with Gasteiger partial charge in [0.05, 0.1) is 11.7 Å². The van der Waals surface area contributed by atoms with Crippen LogP contribution in [0.15, 0.2) is 18.2 Å². The van der Waals surface area contributed by atoms with E-state index in [1.165, 1.54) is 6.07 Å². The van der Waals surface area contributed by atoms with Gasteiger partial charge in [0.2, 0.25) is 0 Å². The smallest absolute Gasteiger partial charge is 0.254 e. The van der Waals surface area contributed by atoms with E-state index >= 15 is 0 Å². The van der Waals surface area contributed by atoms with Crippen molar-refractivity contribution >= 4 is 5.91 Å². The largest absolute Gasteiger partial charge is 0.508 e. The molecule has 0 bridgehead atoms. The summed E-state index contributed by atoms with van der Waals surface area (Å²) >= 11 is 0. The normalized spacial score (nSPS) is 21.8. The standard InChI is InChI=1S/C15H22N2O3/c1-10-4-5-11(6-13(10)18)14(19)17-8-12(7-16)20-15(2,3)9-17/h4-6,12,18H,7-9,16H2,1-3H3. The zero-order valence-electron chi connectivity index (χ0n) is 12.2. The highest BCUT2D eigenvalue weighted by Gasteiger charge is 2.35. The lowest BCUT2D eigenvalue weighted by Crippen LogP contribution is -2.56. The average Bonchev–Trinajstić information content (AvgIpc) is 2.39. The van der Waals surface area contributed by atoms with Crippen LogP contribution in [0.2, 0.25) is 0 Å². The number of hydrogen-bond donors (Lipinski definition) is 2. The number of nitrogens with two attached hydrogens (primary N) is 1. The van der Waals surface area contributed by atoms with Crippen LogP contribution in [-0.2, 0) is 4.74 Å². The Labute approximate surface area is 119 Å². The van der Waals surface area contributed by atoms with Crippen LogP contribution >= 0.6 is 0 Å². The van der Waals surface area contributed by atoms with Crippen LogP contribution in [0.4, 0.5) is 0 Å². The number of phenols is 1. The van der Waals surface area contributed by atoms with E-state index in [0.717, 1.165) is 5.56 Å². The molecule has 1 aliphatic rings. The van der Waals surface area contributed by atoms with E-state index in [-0.39, 0.29) is 17.8 Å². The van der Waals surface area contributed by atoms with Gasteiger partial charge in [0.25, 0.3) is 5.91 Å². The van der Waals surface area contributed by atoms with E-state index in [2.05, 4.69) is 0 Å². The molecule has 0 spiro atoms. The molecule has 5 heteroatoms. The van der Waals surface area contributed by atoms with Crippen molar-refractivity contribution in [2.75, 3.05) is 19.6 Å². The number of carbonyl (C=O) groups excluding carboxylic acids is 1. The molecule has 1 saturated heterocycles. The summed E-state index contributed by atoms with van der Waals surface area (Å²) in [5, 5.41) is 9.73. The molecule has 1 amide bonds. The molecule has 5 nitrogen and oxygen atoms in total. The third kappa shape index (κ3) is 3.11. The molecule has 3 N–H and O–H groups in total. The molecular weight excluding hydrogens is 256 g/mol. The molecule has 1 atom stereocenters. The second kappa shape index (κ2) is 5.42. The number of amides is 1. The summed E-state index contributed by atoms with van der Waals surface area (Å²) in [5.41, 5.74) is 6.50. The summed E-state index contributed by atoms with van der Waals surface area (Å²) in [6.07, 6.45) is -0.151. The number of aromatic hydroxyl groups is 1. The molecule has 0 radical (unpaired) electrons. The first-order chi connectivity index (χ1) is 9.32. The lowest BCUT2D eigenvalue weighted by atomic mass is 10.0. The number of carbonyl (C=O) groups is 1. The summed E-state index contributed by atoms with van der Waals surface area (Å²) in [5.74, 6) is 0.0360. The van der Waals surface area contributed by atoms with Crippen molar-refractivity contribution in [2.24, 2.45) is 5.73 Å². The third-order valence-electron chi connectivity index (χ3n) is 3.49. The Morgan fingerprint density at radius 1 is 1.55 bits per heavy atom. The summed E-state index contributed by atoms with van der Waals surface area (Å²) in [6.45, 7) is 7.06. The molecule has 0 saturated carbocycles. The van der Waals surface area contributed by atoms with Crippen LogP contribution < -0.4 is 5.73 Å². The second-order valence-corrected chi connectivity index (χ2v) is 5.92. The first-order valence-corrected chi connectivity index (χ1v) is 6.79. The van der Waals surface area contributed by atoms with Gasteiger partial charge in [-0.3, -0.25) is 4.79 Å². The summed E-state index contributed by atoms with van der Waals surface area (Å²) in [6, 6.07) is 4.99. The maximum atomic E-state index is 12.5. The SMILES string of the molecule is Cc1ccc(C(=O)N2CC(CN)OC(C)(C)C2)cc1O. The fourth-order valence-corrected chi connectivity index (χ4v) is 2.50. The first kappa shape index (κ1) is 14.8. The lowest BCUT2D eigenvalue weighted by molar-refractivity contribution is -0.122. The highest BCUT2D eigenvalue weighted by Crippen LogP contribution is 2.24. The van der Waals surface area contributed by atoms with Crippen molar-refractivity contribution in [1.82, 2.24) is 4.90 Å². The Hall–Kier alpha value is -1.59. The molecule has 1 fully saturated rings. The van der Waals surface area contributed by atoms with E-state index in [4.69, 9.17) is 10.5 Å². The van der Waals surface area contributed by atoms with E-state index in [1.54, 1.807) is 24.0 Å². The van der Waals surface area contributed by atoms with E-state index in [0.29, 0.717) is 25.2 Å². The quantitative estimate of drug-likeness (QED) is 0.854. The van der Waals surface area contributed by atoms with Crippen LogP contribution in [0.3, 0.4) is 0 Å². The minimum absolute atomic E-state index is 0.102. The van der Waals surface area contributed by atoms with Gasteiger partial charge in [0.1, 0.15) is 5.75 Å². The minimum atomic E-state index is -0.412. The van der Waals surface area contributed by atoms with Crippen molar-refractivity contribution < 1.29 is 14.6 Å². The fraction of sp³-hybridized carbons (Fsp3) is 0.533. The van der Waals surface area contributed by atoms with E-state index < -0.39 is 5.60 Å². The number of phenolic OH excluding ortho intramolecular Hbond substituents is 1. The maximum absolute atomic E-state index is 12.5. The van der Waals surface area contributed by atoms with Crippen molar-refractivity contribution in [3.05, 3.63) is 29.3 Å². The van der Waals surface area contributed by atoms with Gasteiger partial charge in [-0.1, -0.05) is 6.07 Å². The number of rotatable bonds is 2. The highest BCUT2D eigenvalue weighted by atomic mass is 16.5. The molecule has 1 unspecified atom stereocenters. The molecule has 1 heterocycles. The molecule has 2 rings (SSSR count). The van der Waals surface area contributed by atoms with Crippen molar-refractivity contribution in [3.8, 4) is 5.75 Å². The fourth-order valence-electron chi connectivity index (χ4n) is 2.50. The molecule has 110 valence electrons. The van der Waals surface area contributed by atoms with Gasteiger partial charge < -0.3 is 20.5 Å². The molecule has 1 aromatic carbocycles. The van der Waals surface area contributed by atoms with Crippen molar-refractivity contribution in [3.63, 3.8) is 0 Å². The van der Waals surface area contributed by atoms with Crippen LogP contribution in [0.25, 0.3) is 0 Å². The number of hydrogen-bond acceptors (Lipinski definition) is 4. The summed E-state index contributed by atoms with van der Waals surface area (Å²) < 4.78 is 5.81. The van der Waals surface area contributed by atoms with Crippen LogP contribution in [0, 0.1) is 6.92 Å². The van der Waals surface area contributed by atoms with Gasteiger partial charge in [-0.05, 0) is 38.5 Å². The Morgan fingerprint density at radius 2 is 2.25 bits per heavy atom. The Balaban J connectivity index is 2.21. The Kier molecular flexibility index (Phi) is 4.01. The molecular formula is C15H22N2O3. The van der Waals surface area contributed by atoms with Gasteiger partial charge in [-0.25, -0.2) is 0 Å². The van der Waals surface area contributed by atoms with Crippen molar-refractivity contribution in [1.29, 1.82) is 0 Å². The third-order valence-corrected chi connectivity index (χ3v) is 3.49. The van der Waals surface area contributed by atoms with E-state index in [1.807, 2.05) is 13.8 Å². The average molecular weight is 278 g/mol. The minimum Gasteiger partial charge on any atom is -0.508 e. The van der Waals surface area contributed by atoms with Gasteiger partial charge in [0.15, 0.2) is 0 Å². The van der Waals surface area contributed by atoms with Crippen LogP contribution in [0.5, 0.6) is 5.75 Å². The summed E-state index contributed by atoms with van der Waals surface area (Å²) in [7, 11) is 0. The monoisotopic (exact) mass is 278 g/mol. The molecule has 1 aliphatic heterocycles. The zero-order valence-corrected chi connectivity index (χ0v) is 12.2. The van der Waals surface area contributed by atoms with Crippen LogP contribution in [0.1, 0.15) is 29.8 Å². The number of benzene rings is 1. The van der Waals surface area contributed by atoms with E-state index in [9.17, 15) is 9.90 Å². The predicted molar refractivity (Wildman–Crippen MR) is 76.8 cm³/mol. The molecule has 0 aromatic heterocycles. The Morgan fingerprint density at radius 3 is 2.85 bits per heavy atom. The topological polar surface area (TPSA) is 75.8 Å². The molecule has 1 aromatic rings. The maximum Gasteiger partial charge on any atom is 0.254 e. The predicted octanol–water partition coefficient (Wildman–Crippen LogP) is 1.28. The Bertz CT molecular complexity index is 514. The molecule has 0 aliphatic carbocycles. The number of ether oxygens (including phenoxy) is 1. The van der Waals surface area contributed by atoms with Gasteiger partial charge in [-0.15, -0.1) is 0 Å². The van der Waals surface area contributed by atoms with Crippen molar-refractivity contribution in [2.45, 2.75) is 32.5 Å². The van der Waals surface area contributed by atoms with Gasteiger partial charge >= 0.3 is 0 Å². The zero-order chi connectivity index (χ0) is 14.9. The highest BCUT2D eigenvalue weighted by molar-refractivity contribution is 5.94.